The smallest absolute Gasteiger partial charge is 0.356 e. The van der Waals surface area contributed by atoms with Gasteiger partial charge in [-0.15, -0.1) is 0 Å². The Morgan fingerprint density at radius 2 is 1.77 bits per heavy atom. The molecule has 1 aromatic heterocycles. The minimum absolute atomic E-state index is 0.107. The molecular weight excluding hydrogens is 442 g/mol. The van der Waals surface area contributed by atoms with Crippen LogP contribution in [0.1, 0.15) is 74.0 Å². The molecule has 2 atom stereocenters. The van der Waals surface area contributed by atoms with Crippen molar-refractivity contribution in [3.8, 4) is 0 Å². The lowest BCUT2D eigenvalue weighted by molar-refractivity contribution is 0.0585. The zero-order chi connectivity index (χ0) is 24.7. The molecule has 3 fully saturated rings. The first-order chi connectivity index (χ1) is 16.8. The van der Waals surface area contributed by atoms with E-state index in [2.05, 4.69) is 53.9 Å². The van der Waals surface area contributed by atoms with Crippen molar-refractivity contribution in [2.75, 3.05) is 24.5 Å². The van der Waals surface area contributed by atoms with Crippen LogP contribution in [0.4, 0.5) is 10.5 Å². The Bertz CT molecular complexity index is 1090. The number of hydrogen-bond donors (Lipinski definition) is 1. The quantitative estimate of drug-likeness (QED) is 0.702. The number of carboxylic acid groups (broad SMARTS) is 1. The fourth-order valence-electron chi connectivity index (χ4n) is 6.53. The van der Waals surface area contributed by atoms with Gasteiger partial charge in [-0.2, -0.15) is 9.78 Å². The molecule has 4 heterocycles. The van der Waals surface area contributed by atoms with Crippen molar-refractivity contribution in [3.63, 3.8) is 0 Å². The minimum atomic E-state index is -1.12. The fourth-order valence-corrected chi connectivity index (χ4v) is 6.53. The van der Waals surface area contributed by atoms with E-state index in [1.165, 1.54) is 48.3 Å². The number of anilines is 1. The van der Waals surface area contributed by atoms with Gasteiger partial charge in [-0.05, 0) is 89.1 Å². The molecule has 35 heavy (non-hydrogen) atoms. The van der Waals surface area contributed by atoms with Gasteiger partial charge >= 0.3 is 12.0 Å². The molecule has 5 rings (SSSR count). The molecule has 1 aromatic carbocycles. The zero-order valence-electron chi connectivity index (χ0n) is 21.1. The summed E-state index contributed by atoms with van der Waals surface area (Å²) in [6.45, 7) is 10.2. The standard InChI is InChI=1S/C27H37N5O3/c1-19-5-8-22(24(17-19)32-20(2)6-7-21(32)3)18-30-13-4-10-27(30)11-15-29(16-12-27)26(35)31-14-9-23(28-31)25(33)34/h5,8-9,14,17,20-21H,4,6-7,10-13,15-16,18H2,1-3H3,(H,33,34)/t20-,21-/m1/s1. The average Bonchev–Trinajstić information content (AvgIpc) is 3.55. The van der Waals surface area contributed by atoms with E-state index in [0.29, 0.717) is 25.2 Å². The Kier molecular flexibility index (Phi) is 6.34. The molecule has 3 aliphatic heterocycles. The normalized spacial score (nSPS) is 24.4. The van der Waals surface area contributed by atoms with E-state index in [4.69, 9.17) is 5.11 Å². The highest BCUT2D eigenvalue weighted by Crippen LogP contribution is 2.41. The van der Waals surface area contributed by atoms with Gasteiger partial charge in [-0.1, -0.05) is 12.1 Å². The van der Waals surface area contributed by atoms with E-state index >= 15 is 0 Å². The summed E-state index contributed by atoms with van der Waals surface area (Å²) in [7, 11) is 0. The second-order valence-corrected chi connectivity index (χ2v) is 10.8. The molecule has 0 bridgehead atoms. The summed E-state index contributed by atoms with van der Waals surface area (Å²) in [6.07, 6.45) is 8.15. The molecule has 3 aliphatic rings. The highest BCUT2D eigenvalue weighted by atomic mass is 16.4. The maximum absolute atomic E-state index is 12.9. The van der Waals surface area contributed by atoms with Gasteiger partial charge in [0.05, 0.1) is 0 Å². The van der Waals surface area contributed by atoms with Crippen LogP contribution in [0.3, 0.4) is 0 Å². The SMILES string of the molecule is Cc1ccc(CN2CCCC23CCN(C(=O)n2ccc(C(=O)O)n2)CC3)c(N2[C@H](C)CC[C@H]2C)c1. The summed E-state index contributed by atoms with van der Waals surface area (Å²) in [5.74, 6) is -1.12. The van der Waals surface area contributed by atoms with Crippen LogP contribution in [0.2, 0.25) is 0 Å². The highest BCUT2D eigenvalue weighted by molar-refractivity contribution is 5.86. The topological polar surface area (TPSA) is 81.9 Å². The molecule has 2 aromatic rings. The van der Waals surface area contributed by atoms with Crippen molar-refractivity contribution in [1.29, 1.82) is 0 Å². The maximum Gasteiger partial charge on any atom is 0.356 e. The van der Waals surface area contributed by atoms with Gasteiger partial charge in [0.25, 0.3) is 0 Å². The third-order valence-electron chi connectivity index (χ3n) is 8.54. The molecule has 0 aliphatic carbocycles. The van der Waals surface area contributed by atoms with Crippen LogP contribution in [-0.4, -0.2) is 73.9 Å². The third-order valence-corrected chi connectivity index (χ3v) is 8.54. The Hall–Kier alpha value is -2.87. The van der Waals surface area contributed by atoms with Crippen LogP contribution in [0.5, 0.6) is 0 Å². The number of carbonyl (C=O) groups is 2. The molecule has 8 heteroatoms. The van der Waals surface area contributed by atoms with E-state index in [1.54, 1.807) is 0 Å². The van der Waals surface area contributed by atoms with Crippen molar-refractivity contribution < 1.29 is 14.7 Å². The van der Waals surface area contributed by atoms with Gasteiger partial charge in [-0.3, -0.25) is 4.90 Å². The van der Waals surface area contributed by atoms with Gasteiger partial charge < -0.3 is 14.9 Å². The summed E-state index contributed by atoms with van der Waals surface area (Å²) in [4.78, 5) is 31.1. The van der Waals surface area contributed by atoms with Crippen LogP contribution < -0.4 is 4.90 Å². The monoisotopic (exact) mass is 479 g/mol. The first kappa shape index (κ1) is 23.9. The average molecular weight is 480 g/mol. The summed E-state index contributed by atoms with van der Waals surface area (Å²) in [6, 6.07) is 9.19. The number of benzene rings is 1. The molecule has 8 nitrogen and oxygen atoms in total. The van der Waals surface area contributed by atoms with Gasteiger partial charge in [0.2, 0.25) is 0 Å². The third kappa shape index (κ3) is 4.44. The number of aryl methyl sites for hydroxylation is 1. The highest BCUT2D eigenvalue weighted by Gasteiger charge is 2.44. The number of carbonyl (C=O) groups excluding carboxylic acids is 1. The number of rotatable bonds is 4. The number of piperidine rings is 1. The van der Waals surface area contributed by atoms with Crippen LogP contribution in [0.15, 0.2) is 30.5 Å². The second kappa shape index (κ2) is 9.30. The predicted molar refractivity (Wildman–Crippen MR) is 135 cm³/mol. The van der Waals surface area contributed by atoms with Crippen LogP contribution in [0.25, 0.3) is 0 Å². The van der Waals surface area contributed by atoms with Gasteiger partial charge in [0.15, 0.2) is 5.69 Å². The summed E-state index contributed by atoms with van der Waals surface area (Å²) in [5.41, 5.74) is 4.13. The number of hydrogen-bond acceptors (Lipinski definition) is 5. The summed E-state index contributed by atoms with van der Waals surface area (Å²) in [5, 5.41) is 13.0. The molecule has 0 radical (unpaired) electrons. The summed E-state index contributed by atoms with van der Waals surface area (Å²) >= 11 is 0. The molecule has 1 N–H and O–H groups in total. The zero-order valence-corrected chi connectivity index (χ0v) is 21.1. The minimum Gasteiger partial charge on any atom is -0.476 e. The molecule has 3 saturated heterocycles. The molecular formula is C27H37N5O3. The van der Waals surface area contributed by atoms with Crippen LogP contribution in [0, 0.1) is 6.92 Å². The summed E-state index contributed by atoms with van der Waals surface area (Å²) < 4.78 is 1.16. The second-order valence-electron chi connectivity index (χ2n) is 10.8. The lowest BCUT2D eigenvalue weighted by Crippen LogP contribution is -2.53. The van der Waals surface area contributed by atoms with Gasteiger partial charge in [0.1, 0.15) is 0 Å². The van der Waals surface area contributed by atoms with Crippen molar-refractivity contribution in [2.24, 2.45) is 0 Å². The van der Waals surface area contributed by atoms with Crippen molar-refractivity contribution in [2.45, 2.75) is 83.5 Å². The Morgan fingerprint density at radius 1 is 1.06 bits per heavy atom. The largest absolute Gasteiger partial charge is 0.476 e. The number of carboxylic acids is 1. The van der Waals surface area contributed by atoms with E-state index in [9.17, 15) is 9.59 Å². The Labute approximate surface area is 207 Å². The molecule has 188 valence electrons. The van der Waals surface area contributed by atoms with E-state index in [0.717, 1.165) is 37.0 Å². The Balaban J connectivity index is 1.30. The van der Waals surface area contributed by atoms with Crippen molar-refractivity contribution in [1.82, 2.24) is 19.6 Å². The molecule has 1 spiro atoms. The predicted octanol–water partition coefficient (Wildman–Crippen LogP) is 4.37. The van der Waals surface area contributed by atoms with Crippen molar-refractivity contribution >= 4 is 17.7 Å². The number of amides is 1. The number of aromatic nitrogens is 2. The Morgan fingerprint density at radius 3 is 2.43 bits per heavy atom. The first-order valence-corrected chi connectivity index (χ1v) is 13.0. The van der Waals surface area contributed by atoms with Gasteiger partial charge in [0, 0.05) is 49.1 Å². The fraction of sp³-hybridized carbons (Fsp3) is 0.593. The van der Waals surface area contributed by atoms with Crippen LogP contribution >= 0.6 is 0 Å². The van der Waals surface area contributed by atoms with E-state index in [1.807, 2.05) is 4.90 Å². The molecule has 1 amide bonds. The van der Waals surface area contributed by atoms with Gasteiger partial charge in [-0.25, -0.2) is 9.59 Å². The lowest BCUT2D eigenvalue weighted by Gasteiger charge is -2.45. The van der Waals surface area contributed by atoms with E-state index in [-0.39, 0.29) is 17.3 Å². The first-order valence-electron chi connectivity index (χ1n) is 13.0. The number of likely N-dealkylation sites (tertiary alicyclic amines) is 2. The molecule has 0 unspecified atom stereocenters. The molecule has 0 saturated carbocycles. The lowest BCUT2D eigenvalue weighted by atomic mass is 9.84. The van der Waals surface area contributed by atoms with Crippen LogP contribution in [-0.2, 0) is 6.54 Å². The van der Waals surface area contributed by atoms with E-state index < -0.39 is 5.97 Å². The van der Waals surface area contributed by atoms with Crippen molar-refractivity contribution in [3.05, 3.63) is 47.3 Å². The number of nitrogens with zero attached hydrogens (tertiary/aromatic N) is 5. The number of aromatic carboxylic acids is 1. The maximum atomic E-state index is 12.9.